The van der Waals surface area contributed by atoms with Gasteiger partial charge in [-0.2, -0.15) is 0 Å². The average Bonchev–Trinajstić information content (AvgIpc) is 2.78. The summed E-state index contributed by atoms with van der Waals surface area (Å²) in [5.74, 6) is -0.787. The quantitative estimate of drug-likeness (QED) is 0.651. The van der Waals surface area contributed by atoms with Gasteiger partial charge in [-0.15, -0.1) is 0 Å². The standard InChI is InChI=1S/C27H34N2O4/c30-25(31)16-19-12-14-22(15-13-19)28-26(32)23-17-21-10-6-1-2-7-11-24(21)29(27(23)33)18-20-8-4-3-5-9-20/h12-15,17,20H,1-11,16,18H2,(H,28,32)(H,30,31). The summed E-state index contributed by atoms with van der Waals surface area (Å²) in [5.41, 5.74) is 3.53. The number of nitrogens with one attached hydrogen (secondary N) is 1. The summed E-state index contributed by atoms with van der Waals surface area (Å²) in [5, 5.41) is 11.8. The van der Waals surface area contributed by atoms with Gasteiger partial charge in [-0.25, -0.2) is 0 Å². The number of carbonyl (C=O) groups excluding carboxylic acids is 1. The number of pyridine rings is 1. The molecular weight excluding hydrogens is 416 g/mol. The van der Waals surface area contributed by atoms with E-state index in [1.807, 2.05) is 10.6 Å². The number of hydrogen-bond donors (Lipinski definition) is 2. The van der Waals surface area contributed by atoms with Crippen molar-refractivity contribution in [1.29, 1.82) is 0 Å². The fourth-order valence-corrected chi connectivity index (χ4v) is 5.30. The molecule has 4 rings (SSSR count). The van der Waals surface area contributed by atoms with Gasteiger partial charge in [0.2, 0.25) is 0 Å². The topological polar surface area (TPSA) is 88.4 Å². The van der Waals surface area contributed by atoms with Crippen LogP contribution in [0.1, 0.15) is 85.0 Å². The van der Waals surface area contributed by atoms with Crippen molar-refractivity contribution in [3.63, 3.8) is 0 Å². The van der Waals surface area contributed by atoms with E-state index in [4.69, 9.17) is 5.11 Å². The highest BCUT2D eigenvalue weighted by atomic mass is 16.4. The highest BCUT2D eigenvalue weighted by Gasteiger charge is 2.23. The molecule has 1 amide bonds. The third kappa shape index (κ3) is 5.92. The van der Waals surface area contributed by atoms with Crippen LogP contribution < -0.4 is 10.9 Å². The number of fused-ring (bicyclic) bond motifs is 1. The van der Waals surface area contributed by atoms with E-state index in [2.05, 4.69) is 5.32 Å². The van der Waals surface area contributed by atoms with Gasteiger partial charge in [-0.1, -0.05) is 44.2 Å². The fraction of sp³-hybridized carbons (Fsp3) is 0.519. The highest BCUT2D eigenvalue weighted by Crippen LogP contribution is 2.27. The molecule has 1 aromatic heterocycles. The van der Waals surface area contributed by atoms with E-state index < -0.39 is 11.9 Å². The Labute approximate surface area is 195 Å². The molecule has 1 fully saturated rings. The number of benzene rings is 1. The van der Waals surface area contributed by atoms with E-state index in [-0.39, 0.29) is 17.5 Å². The number of carboxylic acids is 1. The van der Waals surface area contributed by atoms with Crippen molar-refractivity contribution in [3.8, 4) is 0 Å². The number of rotatable bonds is 6. The van der Waals surface area contributed by atoms with Crippen molar-refractivity contribution in [3.05, 3.63) is 63.1 Å². The zero-order valence-corrected chi connectivity index (χ0v) is 19.3. The first kappa shape index (κ1) is 23.3. The Hall–Kier alpha value is -2.89. The molecule has 0 spiro atoms. The Morgan fingerprint density at radius 1 is 0.939 bits per heavy atom. The zero-order chi connectivity index (χ0) is 23.2. The van der Waals surface area contributed by atoms with E-state index in [1.54, 1.807) is 24.3 Å². The molecule has 6 nitrogen and oxygen atoms in total. The molecule has 2 aliphatic carbocycles. The van der Waals surface area contributed by atoms with Crippen LogP contribution >= 0.6 is 0 Å². The van der Waals surface area contributed by atoms with E-state index in [0.717, 1.165) is 49.8 Å². The van der Waals surface area contributed by atoms with Gasteiger partial charge in [0.05, 0.1) is 6.42 Å². The Bertz CT molecular complexity index is 1050. The molecule has 0 aliphatic heterocycles. The van der Waals surface area contributed by atoms with Crippen LogP contribution in [0.4, 0.5) is 5.69 Å². The summed E-state index contributed by atoms with van der Waals surface area (Å²) in [6.07, 6.45) is 12.3. The molecule has 176 valence electrons. The minimum absolute atomic E-state index is 0.0646. The van der Waals surface area contributed by atoms with Crippen LogP contribution in [0.2, 0.25) is 0 Å². The normalized spacial score (nSPS) is 17.0. The van der Waals surface area contributed by atoms with Crippen molar-refractivity contribution < 1.29 is 14.7 Å². The van der Waals surface area contributed by atoms with Crippen molar-refractivity contribution in [1.82, 2.24) is 4.57 Å². The Balaban J connectivity index is 1.63. The molecular formula is C27H34N2O4. The smallest absolute Gasteiger partial charge is 0.307 e. The number of aliphatic carboxylic acids is 1. The van der Waals surface area contributed by atoms with E-state index in [1.165, 1.54) is 32.1 Å². The summed E-state index contributed by atoms with van der Waals surface area (Å²) in [7, 11) is 0. The fourth-order valence-electron chi connectivity index (χ4n) is 5.30. The number of carboxylic acid groups (broad SMARTS) is 1. The minimum Gasteiger partial charge on any atom is -0.481 e. The number of aryl methyl sites for hydroxylation is 1. The van der Waals surface area contributed by atoms with Crippen molar-refractivity contribution in [2.24, 2.45) is 5.92 Å². The maximum Gasteiger partial charge on any atom is 0.307 e. The van der Waals surface area contributed by atoms with Crippen molar-refractivity contribution in [2.45, 2.75) is 83.6 Å². The predicted molar refractivity (Wildman–Crippen MR) is 129 cm³/mol. The molecule has 1 saturated carbocycles. The monoisotopic (exact) mass is 450 g/mol. The third-order valence-electron chi connectivity index (χ3n) is 7.08. The number of aromatic nitrogens is 1. The lowest BCUT2D eigenvalue weighted by molar-refractivity contribution is -0.136. The third-order valence-corrected chi connectivity index (χ3v) is 7.08. The molecule has 0 radical (unpaired) electrons. The van der Waals surface area contributed by atoms with Crippen LogP contribution in [0.5, 0.6) is 0 Å². The Morgan fingerprint density at radius 2 is 1.61 bits per heavy atom. The van der Waals surface area contributed by atoms with Crippen molar-refractivity contribution >= 4 is 17.6 Å². The molecule has 0 unspecified atom stereocenters. The van der Waals surface area contributed by atoms with E-state index >= 15 is 0 Å². The summed E-state index contributed by atoms with van der Waals surface area (Å²) in [6, 6.07) is 8.57. The first-order chi connectivity index (χ1) is 16.0. The Morgan fingerprint density at radius 3 is 2.30 bits per heavy atom. The molecule has 0 saturated heterocycles. The number of amides is 1. The van der Waals surface area contributed by atoms with Crippen LogP contribution in [0, 0.1) is 5.92 Å². The largest absolute Gasteiger partial charge is 0.481 e. The lowest BCUT2D eigenvalue weighted by atomic mass is 9.88. The molecule has 2 N–H and O–H groups in total. The maximum absolute atomic E-state index is 13.6. The molecule has 1 heterocycles. The summed E-state index contributed by atoms with van der Waals surface area (Å²) in [6.45, 7) is 0.714. The lowest BCUT2D eigenvalue weighted by Gasteiger charge is -2.26. The molecule has 0 atom stereocenters. The molecule has 0 bridgehead atoms. The maximum atomic E-state index is 13.6. The minimum atomic E-state index is -0.897. The SMILES string of the molecule is O=C(O)Cc1ccc(NC(=O)c2cc3c(n(CC4CCCCC4)c2=O)CCCCCC3)cc1. The van der Waals surface area contributed by atoms with Crippen LogP contribution in [-0.2, 0) is 30.6 Å². The van der Waals surface area contributed by atoms with Crippen LogP contribution in [0.15, 0.2) is 35.1 Å². The van der Waals surface area contributed by atoms with Gasteiger partial charge < -0.3 is 15.0 Å². The van der Waals surface area contributed by atoms with E-state index in [9.17, 15) is 14.4 Å². The Kier molecular flexibility index (Phi) is 7.63. The van der Waals surface area contributed by atoms with Gasteiger partial charge in [0.25, 0.3) is 11.5 Å². The van der Waals surface area contributed by atoms with Gasteiger partial charge in [-0.3, -0.25) is 14.4 Å². The number of hydrogen-bond acceptors (Lipinski definition) is 3. The van der Waals surface area contributed by atoms with Crippen LogP contribution in [0.3, 0.4) is 0 Å². The average molecular weight is 451 g/mol. The molecule has 2 aromatic rings. The van der Waals surface area contributed by atoms with Gasteiger partial charge in [0, 0.05) is 17.9 Å². The predicted octanol–water partition coefficient (Wildman–Crippen LogP) is 4.97. The first-order valence-electron chi connectivity index (χ1n) is 12.4. The molecule has 1 aromatic carbocycles. The summed E-state index contributed by atoms with van der Waals surface area (Å²) >= 11 is 0. The summed E-state index contributed by atoms with van der Waals surface area (Å²) < 4.78 is 1.93. The van der Waals surface area contributed by atoms with Crippen LogP contribution in [-0.4, -0.2) is 21.6 Å². The lowest BCUT2D eigenvalue weighted by Crippen LogP contribution is -2.35. The second kappa shape index (κ2) is 10.8. The zero-order valence-electron chi connectivity index (χ0n) is 19.3. The number of anilines is 1. The molecule has 2 aliphatic rings. The number of carbonyl (C=O) groups is 2. The van der Waals surface area contributed by atoms with Gasteiger partial charge >= 0.3 is 5.97 Å². The van der Waals surface area contributed by atoms with Gasteiger partial charge in [0.15, 0.2) is 0 Å². The number of nitrogens with zero attached hydrogens (tertiary/aromatic N) is 1. The second-order valence-electron chi connectivity index (χ2n) is 9.59. The highest BCUT2D eigenvalue weighted by molar-refractivity contribution is 6.04. The molecule has 33 heavy (non-hydrogen) atoms. The summed E-state index contributed by atoms with van der Waals surface area (Å²) in [4.78, 5) is 37.6. The second-order valence-corrected chi connectivity index (χ2v) is 9.59. The van der Waals surface area contributed by atoms with E-state index in [0.29, 0.717) is 23.7 Å². The van der Waals surface area contributed by atoms with Gasteiger partial charge in [-0.05, 0) is 73.8 Å². The first-order valence-corrected chi connectivity index (χ1v) is 12.4. The van der Waals surface area contributed by atoms with Gasteiger partial charge in [0.1, 0.15) is 5.56 Å². The van der Waals surface area contributed by atoms with Crippen molar-refractivity contribution in [2.75, 3.05) is 5.32 Å². The molecule has 6 heteroatoms. The van der Waals surface area contributed by atoms with Crippen LogP contribution in [0.25, 0.3) is 0 Å².